The third-order valence-corrected chi connectivity index (χ3v) is 5.65. The molecule has 0 fully saturated rings. The summed E-state index contributed by atoms with van der Waals surface area (Å²) < 4.78 is 56.1. The number of pyridine rings is 1. The fourth-order valence-corrected chi connectivity index (χ4v) is 3.93. The molecule has 0 aliphatic carbocycles. The van der Waals surface area contributed by atoms with Gasteiger partial charge in [-0.2, -0.15) is 8.78 Å². The summed E-state index contributed by atoms with van der Waals surface area (Å²) in [7, 11) is -3.55. The van der Waals surface area contributed by atoms with Gasteiger partial charge in [-0.15, -0.1) is 10.2 Å². The van der Waals surface area contributed by atoms with Gasteiger partial charge in [0.2, 0.25) is 15.9 Å². The monoisotopic (exact) mass is 421 g/mol. The number of nitrogens with one attached hydrogen (secondary N) is 1. The van der Waals surface area contributed by atoms with Crippen molar-refractivity contribution in [3.8, 4) is 11.5 Å². The number of sulfonamides is 1. The van der Waals surface area contributed by atoms with E-state index in [1.165, 1.54) is 10.5 Å². The molecule has 0 amide bonds. The summed E-state index contributed by atoms with van der Waals surface area (Å²) in [5, 5.41) is 10.1. The largest absolute Gasteiger partial charge is 0.415 e. The standard InChI is InChI=1S/C18H17F2N5O3S/c1-29(26,27)25(15-5-3-11-7-21-8-13(11)6-15)10-14-4-2-12(9-22-14)17-23-24-18(28-17)16(19)20/h2-6,9,16,21H,7-8,10H2,1H3. The number of hydrogen-bond donors (Lipinski definition) is 1. The fraction of sp³-hybridized carbons (Fsp3) is 0.278. The summed E-state index contributed by atoms with van der Waals surface area (Å²) in [6, 6.07) is 8.70. The van der Waals surface area contributed by atoms with Crippen molar-refractivity contribution in [3.63, 3.8) is 0 Å². The van der Waals surface area contributed by atoms with Gasteiger partial charge in [-0.1, -0.05) is 6.07 Å². The molecule has 2 aromatic heterocycles. The fourth-order valence-electron chi connectivity index (χ4n) is 3.07. The van der Waals surface area contributed by atoms with Crippen molar-refractivity contribution in [2.75, 3.05) is 10.6 Å². The molecule has 0 bridgehead atoms. The normalized spacial score (nSPS) is 13.7. The van der Waals surface area contributed by atoms with E-state index in [1.807, 2.05) is 12.1 Å². The molecule has 8 nitrogen and oxygen atoms in total. The Balaban J connectivity index is 1.58. The lowest BCUT2D eigenvalue weighted by atomic mass is 10.1. The Labute approximate surface area is 165 Å². The van der Waals surface area contributed by atoms with E-state index in [0.29, 0.717) is 23.5 Å². The number of nitrogens with zero attached hydrogens (tertiary/aromatic N) is 4. The summed E-state index contributed by atoms with van der Waals surface area (Å²) in [6.07, 6.45) is -0.336. The highest BCUT2D eigenvalue weighted by Gasteiger charge is 2.21. The lowest BCUT2D eigenvalue weighted by Gasteiger charge is -2.22. The van der Waals surface area contributed by atoms with Crippen LogP contribution < -0.4 is 9.62 Å². The highest BCUT2D eigenvalue weighted by Crippen LogP contribution is 2.27. The number of anilines is 1. The van der Waals surface area contributed by atoms with Gasteiger partial charge in [-0.3, -0.25) is 9.29 Å². The van der Waals surface area contributed by atoms with Gasteiger partial charge in [0.25, 0.3) is 5.89 Å². The van der Waals surface area contributed by atoms with E-state index >= 15 is 0 Å². The van der Waals surface area contributed by atoms with Crippen LogP contribution in [0.1, 0.15) is 29.1 Å². The molecule has 0 spiro atoms. The molecule has 0 unspecified atom stereocenters. The summed E-state index contributed by atoms with van der Waals surface area (Å²) in [5.41, 5.74) is 3.60. The Hall–Kier alpha value is -2.92. The summed E-state index contributed by atoms with van der Waals surface area (Å²) in [4.78, 5) is 4.23. The van der Waals surface area contributed by atoms with Gasteiger partial charge >= 0.3 is 6.43 Å². The maximum Gasteiger partial charge on any atom is 0.314 e. The molecule has 1 N–H and O–H groups in total. The molecular formula is C18H17F2N5O3S. The average Bonchev–Trinajstić information content (AvgIpc) is 3.34. The Morgan fingerprint density at radius 2 is 1.97 bits per heavy atom. The number of hydrogen-bond acceptors (Lipinski definition) is 7. The molecule has 0 atom stereocenters. The molecule has 3 aromatic rings. The van der Waals surface area contributed by atoms with Crippen molar-refractivity contribution in [2.24, 2.45) is 0 Å². The number of alkyl halides is 2. The van der Waals surface area contributed by atoms with Crippen molar-refractivity contribution in [1.82, 2.24) is 20.5 Å². The maximum atomic E-state index is 12.6. The first kappa shape index (κ1) is 19.4. The smallest absolute Gasteiger partial charge is 0.314 e. The molecule has 4 rings (SSSR count). The van der Waals surface area contributed by atoms with E-state index < -0.39 is 22.3 Å². The van der Waals surface area contributed by atoms with Gasteiger partial charge in [0, 0.05) is 19.3 Å². The topological polar surface area (TPSA) is 101 Å². The molecule has 3 heterocycles. The van der Waals surface area contributed by atoms with Gasteiger partial charge in [-0.25, -0.2) is 8.42 Å². The molecule has 0 radical (unpaired) electrons. The highest BCUT2D eigenvalue weighted by atomic mass is 32.2. The van der Waals surface area contributed by atoms with E-state index in [-0.39, 0.29) is 12.4 Å². The summed E-state index contributed by atoms with van der Waals surface area (Å²) >= 11 is 0. The molecule has 152 valence electrons. The van der Waals surface area contributed by atoms with Crippen LogP contribution in [-0.4, -0.2) is 29.9 Å². The zero-order valence-corrected chi connectivity index (χ0v) is 16.2. The first-order chi connectivity index (χ1) is 13.8. The molecule has 1 aliphatic heterocycles. The maximum absolute atomic E-state index is 12.6. The lowest BCUT2D eigenvalue weighted by Crippen LogP contribution is -2.29. The van der Waals surface area contributed by atoms with Crippen molar-refractivity contribution >= 4 is 15.7 Å². The number of aromatic nitrogens is 3. The third kappa shape index (κ3) is 4.10. The summed E-state index contributed by atoms with van der Waals surface area (Å²) in [6.45, 7) is 1.48. The first-order valence-corrected chi connectivity index (χ1v) is 10.5. The van der Waals surface area contributed by atoms with Crippen LogP contribution >= 0.6 is 0 Å². The van der Waals surface area contributed by atoms with Gasteiger partial charge in [0.1, 0.15) is 0 Å². The molecule has 29 heavy (non-hydrogen) atoms. The number of halogens is 2. The second-order valence-electron chi connectivity index (χ2n) is 6.61. The van der Waals surface area contributed by atoms with Crippen LogP contribution in [0.3, 0.4) is 0 Å². The van der Waals surface area contributed by atoms with Crippen LogP contribution in [0.2, 0.25) is 0 Å². The van der Waals surface area contributed by atoms with E-state index in [2.05, 4.69) is 20.5 Å². The Morgan fingerprint density at radius 3 is 2.62 bits per heavy atom. The Bertz CT molecular complexity index is 1130. The average molecular weight is 421 g/mol. The van der Waals surface area contributed by atoms with Crippen molar-refractivity contribution in [1.29, 1.82) is 0 Å². The van der Waals surface area contributed by atoms with Gasteiger partial charge in [0.05, 0.1) is 29.7 Å². The zero-order valence-electron chi connectivity index (χ0n) is 15.3. The van der Waals surface area contributed by atoms with Gasteiger partial charge < -0.3 is 9.73 Å². The number of rotatable bonds is 6. The number of fused-ring (bicyclic) bond motifs is 1. The van der Waals surface area contributed by atoms with Crippen molar-refractivity contribution in [3.05, 3.63) is 59.2 Å². The Kier molecular flexibility index (Phi) is 5.01. The number of benzene rings is 1. The predicted octanol–water partition coefficient (Wildman–Crippen LogP) is 2.64. The second-order valence-corrected chi connectivity index (χ2v) is 8.52. The van der Waals surface area contributed by atoms with Gasteiger partial charge in [-0.05, 0) is 35.4 Å². The first-order valence-electron chi connectivity index (χ1n) is 8.68. The highest BCUT2D eigenvalue weighted by molar-refractivity contribution is 7.92. The minimum Gasteiger partial charge on any atom is -0.415 e. The van der Waals surface area contributed by atoms with E-state index in [0.717, 1.165) is 23.9 Å². The van der Waals surface area contributed by atoms with E-state index in [9.17, 15) is 17.2 Å². The zero-order chi connectivity index (χ0) is 20.6. The minimum atomic E-state index is -3.55. The SMILES string of the molecule is CS(=O)(=O)N(Cc1ccc(-c2nnc(C(F)F)o2)cn1)c1ccc2c(c1)CNC2. The molecule has 1 aliphatic rings. The quantitative estimate of drug-likeness (QED) is 0.653. The van der Waals surface area contributed by atoms with Crippen LogP contribution in [0.4, 0.5) is 14.5 Å². The Morgan fingerprint density at radius 1 is 1.17 bits per heavy atom. The molecule has 0 saturated carbocycles. The van der Waals surface area contributed by atoms with Crippen LogP contribution in [0.25, 0.3) is 11.5 Å². The molecule has 0 saturated heterocycles. The molecular weight excluding hydrogens is 404 g/mol. The van der Waals surface area contributed by atoms with Crippen LogP contribution in [0.5, 0.6) is 0 Å². The molecule has 1 aromatic carbocycles. The molecule has 11 heteroatoms. The third-order valence-electron chi connectivity index (χ3n) is 4.51. The van der Waals surface area contributed by atoms with E-state index in [4.69, 9.17) is 4.42 Å². The van der Waals surface area contributed by atoms with Crippen LogP contribution in [0, 0.1) is 0 Å². The van der Waals surface area contributed by atoms with Gasteiger partial charge in [0.15, 0.2) is 0 Å². The minimum absolute atomic E-state index is 0.0252. The van der Waals surface area contributed by atoms with Crippen LogP contribution in [0.15, 0.2) is 40.9 Å². The van der Waals surface area contributed by atoms with Crippen molar-refractivity contribution in [2.45, 2.75) is 26.1 Å². The summed E-state index contributed by atoms with van der Waals surface area (Å²) in [5.74, 6) is -0.844. The predicted molar refractivity (Wildman–Crippen MR) is 100 cm³/mol. The second kappa shape index (κ2) is 7.48. The van der Waals surface area contributed by atoms with Crippen LogP contribution in [-0.2, 0) is 29.7 Å². The lowest BCUT2D eigenvalue weighted by molar-refractivity contribution is 0.116. The van der Waals surface area contributed by atoms with Crippen molar-refractivity contribution < 1.29 is 21.6 Å². The van der Waals surface area contributed by atoms with E-state index in [1.54, 1.807) is 18.2 Å².